The smallest absolute Gasteiger partial charge is 0.161 e. The van der Waals surface area contributed by atoms with Crippen molar-refractivity contribution < 1.29 is 9.47 Å². The van der Waals surface area contributed by atoms with Crippen LogP contribution in [0.25, 0.3) is 11.1 Å². The van der Waals surface area contributed by atoms with Crippen LogP contribution in [0.5, 0.6) is 11.5 Å². The molecule has 1 aromatic heterocycles. The lowest BCUT2D eigenvalue weighted by atomic mass is 10.1. The average molecular weight is 377 g/mol. The summed E-state index contributed by atoms with van der Waals surface area (Å²) < 4.78 is 12.4. The van der Waals surface area contributed by atoms with Gasteiger partial charge in [-0.25, -0.2) is 0 Å². The van der Waals surface area contributed by atoms with Gasteiger partial charge in [-0.2, -0.15) is 5.10 Å². The summed E-state index contributed by atoms with van der Waals surface area (Å²) in [5, 5.41) is 4.21. The molecule has 28 heavy (non-hydrogen) atoms. The molecule has 0 bridgehead atoms. The molecule has 0 saturated carbocycles. The first-order valence-corrected chi connectivity index (χ1v) is 9.93. The summed E-state index contributed by atoms with van der Waals surface area (Å²) in [6, 6.07) is 16.6. The number of fused-ring (bicyclic) bond motifs is 1. The highest BCUT2D eigenvalue weighted by molar-refractivity contribution is 5.61. The Bertz CT molecular complexity index is 858. The maximum atomic E-state index is 5.30. The molecule has 3 aromatic rings. The lowest BCUT2D eigenvalue weighted by Gasteiger charge is -2.17. The predicted molar refractivity (Wildman–Crippen MR) is 111 cm³/mol. The van der Waals surface area contributed by atoms with Crippen LogP contribution in [-0.4, -0.2) is 41.0 Å². The van der Waals surface area contributed by atoms with Gasteiger partial charge >= 0.3 is 0 Å². The van der Waals surface area contributed by atoms with E-state index in [2.05, 4.69) is 40.5 Å². The van der Waals surface area contributed by atoms with E-state index in [1.165, 1.54) is 42.6 Å². The Hall–Kier alpha value is -2.79. The van der Waals surface area contributed by atoms with Gasteiger partial charge in [0.1, 0.15) is 13.2 Å². The number of likely N-dealkylation sites (tertiary alicyclic amines) is 1. The van der Waals surface area contributed by atoms with Crippen LogP contribution in [-0.2, 0) is 13.6 Å². The summed E-state index contributed by atoms with van der Waals surface area (Å²) in [6.45, 7) is 4.93. The minimum absolute atomic E-state index is 0.664. The molecule has 5 rings (SSSR count). The number of benzene rings is 2. The van der Waals surface area contributed by atoms with Gasteiger partial charge in [0, 0.05) is 25.4 Å². The molecule has 0 spiro atoms. The molecule has 0 atom stereocenters. The number of ether oxygens (including phenoxy) is 2. The van der Waals surface area contributed by atoms with Crippen molar-refractivity contribution in [3.63, 3.8) is 0 Å². The van der Waals surface area contributed by atoms with E-state index >= 15 is 0 Å². The van der Waals surface area contributed by atoms with Crippen LogP contribution in [0.4, 0.5) is 0 Å². The maximum absolute atomic E-state index is 5.30. The Morgan fingerprint density at radius 2 is 1.50 bits per heavy atom. The second-order valence-corrected chi connectivity index (χ2v) is 7.23. The Morgan fingerprint density at radius 3 is 2.07 bits per heavy atom. The third kappa shape index (κ3) is 4.73. The van der Waals surface area contributed by atoms with Gasteiger partial charge in [-0.1, -0.05) is 36.4 Å². The second-order valence-electron chi connectivity index (χ2n) is 7.23. The zero-order valence-corrected chi connectivity index (χ0v) is 16.4. The minimum Gasteiger partial charge on any atom is -0.486 e. The first kappa shape index (κ1) is 18.6. The standard InChI is InChI=1S/C15H19N3.C8H8O2/c1-17-12-15(10-16-17)14-6-4-13(5-7-14)11-18-8-2-3-9-18;1-2-4-8-7(3-1)9-5-6-10-8/h4-7,10,12H,2-3,8-9,11H2,1H3;1-4H,5-6H2. The fourth-order valence-corrected chi connectivity index (χ4v) is 3.56. The van der Waals surface area contributed by atoms with Gasteiger partial charge in [-0.05, 0) is 49.2 Å². The fourth-order valence-electron chi connectivity index (χ4n) is 3.56. The molecular formula is C23H27N3O2. The Labute approximate surface area is 166 Å². The van der Waals surface area contributed by atoms with Crippen molar-refractivity contribution in [1.82, 2.24) is 14.7 Å². The quantitative estimate of drug-likeness (QED) is 0.688. The predicted octanol–water partition coefficient (Wildman–Crippen LogP) is 4.14. The number of rotatable bonds is 3. The highest BCUT2D eigenvalue weighted by Gasteiger charge is 2.11. The zero-order chi connectivity index (χ0) is 19.2. The van der Waals surface area contributed by atoms with Crippen molar-refractivity contribution in [3.8, 4) is 22.6 Å². The van der Waals surface area contributed by atoms with Gasteiger partial charge in [0.2, 0.25) is 0 Å². The van der Waals surface area contributed by atoms with Crippen LogP contribution < -0.4 is 9.47 Å². The van der Waals surface area contributed by atoms with Crippen LogP contribution >= 0.6 is 0 Å². The molecule has 2 aromatic carbocycles. The van der Waals surface area contributed by atoms with Crippen molar-refractivity contribution in [2.75, 3.05) is 26.3 Å². The molecule has 2 aliphatic rings. The zero-order valence-electron chi connectivity index (χ0n) is 16.4. The number of hydrogen-bond donors (Lipinski definition) is 0. The number of para-hydroxylation sites is 2. The van der Waals surface area contributed by atoms with E-state index < -0.39 is 0 Å². The molecule has 0 radical (unpaired) electrons. The highest BCUT2D eigenvalue weighted by Crippen LogP contribution is 2.28. The molecule has 5 heteroatoms. The fraction of sp³-hybridized carbons (Fsp3) is 0.348. The summed E-state index contributed by atoms with van der Waals surface area (Å²) >= 11 is 0. The summed E-state index contributed by atoms with van der Waals surface area (Å²) in [7, 11) is 1.95. The largest absolute Gasteiger partial charge is 0.486 e. The lowest BCUT2D eigenvalue weighted by molar-refractivity contribution is 0.171. The number of aryl methyl sites for hydroxylation is 1. The first-order chi connectivity index (χ1) is 13.8. The van der Waals surface area contributed by atoms with E-state index in [0.717, 1.165) is 18.0 Å². The van der Waals surface area contributed by atoms with E-state index in [-0.39, 0.29) is 0 Å². The van der Waals surface area contributed by atoms with E-state index in [4.69, 9.17) is 9.47 Å². The van der Waals surface area contributed by atoms with Crippen LogP contribution in [0.2, 0.25) is 0 Å². The van der Waals surface area contributed by atoms with Crippen LogP contribution in [0.3, 0.4) is 0 Å². The highest BCUT2D eigenvalue weighted by atomic mass is 16.6. The van der Waals surface area contributed by atoms with Crippen molar-refractivity contribution in [2.45, 2.75) is 19.4 Å². The Balaban J connectivity index is 0.000000162. The topological polar surface area (TPSA) is 39.5 Å². The van der Waals surface area contributed by atoms with Gasteiger partial charge < -0.3 is 9.47 Å². The molecule has 5 nitrogen and oxygen atoms in total. The van der Waals surface area contributed by atoms with Crippen molar-refractivity contribution in [2.24, 2.45) is 7.05 Å². The molecule has 0 N–H and O–H groups in total. The van der Waals surface area contributed by atoms with E-state index in [1.54, 1.807) is 0 Å². The average Bonchev–Trinajstić information content (AvgIpc) is 3.41. The first-order valence-electron chi connectivity index (χ1n) is 9.93. The minimum atomic E-state index is 0.664. The Kier molecular flexibility index (Phi) is 5.92. The molecule has 1 fully saturated rings. The molecule has 3 heterocycles. The maximum Gasteiger partial charge on any atom is 0.161 e. The molecule has 146 valence electrons. The molecule has 1 saturated heterocycles. The summed E-state index contributed by atoms with van der Waals surface area (Å²) in [6.07, 6.45) is 6.67. The lowest BCUT2D eigenvalue weighted by Crippen LogP contribution is -2.18. The molecule has 0 amide bonds. The molecule has 2 aliphatic heterocycles. The van der Waals surface area contributed by atoms with Crippen LogP contribution in [0.15, 0.2) is 60.9 Å². The van der Waals surface area contributed by atoms with Gasteiger partial charge in [0.25, 0.3) is 0 Å². The van der Waals surface area contributed by atoms with Crippen molar-refractivity contribution >= 4 is 0 Å². The van der Waals surface area contributed by atoms with Crippen LogP contribution in [0, 0.1) is 0 Å². The Morgan fingerprint density at radius 1 is 0.857 bits per heavy atom. The van der Waals surface area contributed by atoms with E-state index in [1.807, 2.05) is 42.2 Å². The third-order valence-electron chi connectivity index (χ3n) is 5.04. The SMILES string of the molecule is Cn1cc(-c2ccc(CN3CCCC3)cc2)cn1.c1ccc2c(c1)OCCO2. The van der Waals surface area contributed by atoms with Gasteiger partial charge in [0.15, 0.2) is 11.5 Å². The van der Waals surface area contributed by atoms with E-state index in [0.29, 0.717) is 13.2 Å². The summed E-state index contributed by atoms with van der Waals surface area (Å²) in [5.41, 5.74) is 3.84. The summed E-state index contributed by atoms with van der Waals surface area (Å²) in [4.78, 5) is 2.53. The summed E-state index contributed by atoms with van der Waals surface area (Å²) in [5.74, 6) is 1.71. The molecular weight excluding hydrogens is 350 g/mol. The van der Waals surface area contributed by atoms with Crippen LogP contribution in [0.1, 0.15) is 18.4 Å². The van der Waals surface area contributed by atoms with Gasteiger partial charge in [-0.3, -0.25) is 9.58 Å². The second kappa shape index (κ2) is 8.93. The van der Waals surface area contributed by atoms with E-state index in [9.17, 15) is 0 Å². The molecule has 0 aliphatic carbocycles. The third-order valence-corrected chi connectivity index (χ3v) is 5.04. The number of nitrogens with zero attached hydrogens (tertiary/aromatic N) is 3. The van der Waals surface area contributed by atoms with Gasteiger partial charge in [0.05, 0.1) is 6.20 Å². The normalized spacial score (nSPS) is 15.8. The van der Waals surface area contributed by atoms with Crippen molar-refractivity contribution in [1.29, 1.82) is 0 Å². The number of hydrogen-bond acceptors (Lipinski definition) is 4. The van der Waals surface area contributed by atoms with Crippen molar-refractivity contribution in [3.05, 3.63) is 66.5 Å². The van der Waals surface area contributed by atoms with Gasteiger partial charge in [-0.15, -0.1) is 0 Å². The number of aromatic nitrogens is 2. The monoisotopic (exact) mass is 377 g/mol. The molecule has 0 unspecified atom stereocenters.